The summed E-state index contributed by atoms with van der Waals surface area (Å²) in [5.74, 6) is 0. The summed E-state index contributed by atoms with van der Waals surface area (Å²) in [5, 5.41) is 0. The number of hydrogen-bond acceptors (Lipinski definition) is 3. The first-order valence-corrected chi connectivity index (χ1v) is 5.40. The predicted molar refractivity (Wildman–Crippen MR) is 52.6 cm³/mol. The minimum atomic E-state index is 0.422. The summed E-state index contributed by atoms with van der Waals surface area (Å²) in [7, 11) is 0. The van der Waals surface area contributed by atoms with Gasteiger partial charge in [-0.3, -0.25) is 4.90 Å². The van der Waals surface area contributed by atoms with E-state index in [0.29, 0.717) is 12.1 Å². The van der Waals surface area contributed by atoms with E-state index in [2.05, 4.69) is 11.8 Å². The van der Waals surface area contributed by atoms with Gasteiger partial charge in [0.25, 0.3) is 0 Å². The molecule has 1 unspecified atom stereocenters. The van der Waals surface area contributed by atoms with Crippen molar-refractivity contribution in [1.29, 1.82) is 0 Å². The molecule has 2 rings (SSSR count). The van der Waals surface area contributed by atoms with Crippen LogP contribution in [0.25, 0.3) is 0 Å². The normalized spacial score (nSPS) is 40.6. The molecule has 3 nitrogen and oxygen atoms in total. The second-order valence-electron chi connectivity index (χ2n) is 4.25. The Morgan fingerprint density at radius 1 is 1.46 bits per heavy atom. The number of hydrogen-bond donors (Lipinski definition) is 1. The first-order valence-electron chi connectivity index (χ1n) is 5.40. The molecule has 2 fully saturated rings. The van der Waals surface area contributed by atoms with E-state index in [9.17, 15) is 0 Å². The Hall–Kier alpha value is -0.120. The van der Waals surface area contributed by atoms with Crippen LogP contribution in [0.5, 0.6) is 0 Å². The summed E-state index contributed by atoms with van der Waals surface area (Å²) in [4.78, 5) is 2.53. The standard InChI is InChI=1S/C10H20N2O/c1-2-13-10-5-9(6-10)12-4-3-8(11)7-12/h8-10H,2-7,11H2,1H3. The molecule has 0 aromatic heterocycles. The molecule has 1 atom stereocenters. The van der Waals surface area contributed by atoms with Crippen LogP contribution in [0.2, 0.25) is 0 Å². The van der Waals surface area contributed by atoms with Crippen molar-refractivity contribution < 1.29 is 4.74 Å². The fourth-order valence-corrected chi connectivity index (χ4v) is 2.35. The molecule has 0 aromatic rings. The number of rotatable bonds is 3. The van der Waals surface area contributed by atoms with E-state index >= 15 is 0 Å². The Balaban J connectivity index is 1.68. The Kier molecular flexibility index (Phi) is 2.86. The zero-order valence-electron chi connectivity index (χ0n) is 8.41. The van der Waals surface area contributed by atoms with E-state index in [-0.39, 0.29) is 0 Å². The van der Waals surface area contributed by atoms with Gasteiger partial charge in [-0.15, -0.1) is 0 Å². The Bertz CT molecular complexity index is 168. The van der Waals surface area contributed by atoms with Gasteiger partial charge in [0.05, 0.1) is 6.10 Å². The summed E-state index contributed by atoms with van der Waals surface area (Å²) in [6, 6.07) is 1.19. The highest BCUT2D eigenvalue weighted by atomic mass is 16.5. The molecule has 1 saturated heterocycles. The van der Waals surface area contributed by atoms with Gasteiger partial charge in [0, 0.05) is 31.8 Å². The third-order valence-electron chi connectivity index (χ3n) is 3.24. The minimum absolute atomic E-state index is 0.422. The smallest absolute Gasteiger partial charge is 0.0604 e. The second kappa shape index (κ2) is 3.95. The molecule has 0 bridgehead atoms. The van der Waals surface area contributed by atoms with Crippen LogP contribution in [-0.2, 0) is 4.74 Å². The average molecular weight is 184 g/mol. The van der Waals surface area contributed by atoms with Crippen LogP contribution in [0, 0.1) is 0 Å². The molecule has 2 aliphatic rings. The fourth-order valence-electron chi connectivity index (χ4n) is 2.35. The third-order valence-corrected chi connectivity index (χ3v) is 3.24. The van der Waals surface area contributed by atoms with Crippen LogP contribution in [-0.4, -0.2) is 42.8 Å². The van der Waals surface area contributed by atoms with Crippen molar-refractivity contribution in [3.05, 3.63) is 0 Å². The SMILES string of the molecule is CCOC1CC(N2CCC(N)C2)C1. The van der Waals surface area contributed by atoms with Gasteiger partial charge < -0.3 is 10.5 Å². The van der Waals surface area contributed by atoms with E-state index in [4.69, 9.17) is 10.5 Å². The van der Waals surface area contributed by atoms with Crippen LogP contribution in [0.4, 0.5) is 0 Å². The first-order chi connectivity index (χ1) is 6.29. The van der Waals surface area contributed by atoms with Crippen LogP contribution in [0.3, 0.4) is 0 Å². The predicted octanol–water partition coefficient (Wildman–Crippen LogP) is 0.587. The highest BCUT2D eigenvalue weighted by Gasteiger charge is 2.36. The lowest BCUT2D eigenvalue weighted by molar-refractivity contribution is -0.0409. The summed E-state index contributed by atoms with van der Waals surface area (Å²) in [6.07, 6.45) is 4.16. The van der Waals surface area contributed by atoms with Gasteiger partial charge in [-0.1, -0.05) is 0 Å². The van der Waals surface area contributed by atoms with Crippen molar-refractivity contribution in [2.45, 2.75) is 44.4 Å². The van der Waals surface area contributed by atoms with Crippen molar-refractivity contribution in [1.82, 2.24) is 4.90 Å². The molecule has 0 spiro atoms. The molecular formula is C10H20N2O. The zero-order valence-corrected chi connectivity index (χ0v) is 8.41. The van der Waals surface area contributed by atoms with Crippen molar-refractivity contribution in [2.75, 3.05) is 19.7 Å². The molecule has 2 N–H and O–H groups in total. The van der Waals surface area contributed by atoms with Crippen LogP contribution >= 0.6 is 0 Å². The van der Waals surface area contributed by atoms with E-state index in [0.717, 1.165) is 19.2 Å². The lowest BCUT2D eigenvalue weighted by Gasteiger charge is -2.40. The molecule has 0 amide bonds. The van der Waals surface area contributed by atoms with Crippen LogP contribution in [0.15, 0.2) is 0 Å². The molecule has 1 aliphatic carbocycles. The summed E-state index contributed by atoms with van der Waals surface area (Å²) < 4.78 is 5.54. The molecule has 0 radical (unpaired) electrons. The molecular weight excluding hydrogens is 164 g/mol. The van der Waals surface area contributed by atoms with Crippen LogP contribution < -0.4 is 5.73 Å². The maximum absolute atomic E-state index is 5.86. The monoisotopic (exact) mass is 184 g/mol. The van der Waals surface area contributed by atoms with Gasteiger partial charge >= 0.3 is 0 Å². The Labute approximate surface area is 80.2 Å². The van der Waals surface area contributed by atoms with E-state index in [1.807, 2.05) is 0 Å². The molecule has 0 aromatic carbocycles. The fraction of sp³-hybridized carbons (Fsp3) is 1.00. The highest BCUT2D eigenvalue weighted by Crippen LogP contribution is 2.30. The average Bonchev–Trinajstić information content (AvgIpc) is 2.43. The van der Waals surface area contributed by atoms with Crippen molar-refractivity contribution in [2.24, 2.45) is 5.73 Å². The number of nitrogens with zero attached hydrogens (tertiary/aromatic N) is 1. The first kappa shape index (κ1) is 9.44. The molecule has 13 heavy (non-hydrogen) atoms. The van der Waals surface area contributed by atoms with E-state index in [1.54, 1.807) is 0 Å². The number of likely N-dealkylation sites (tertiary alicyclic amines) is 1. The summed E-state index contributed by atoms with van der Waals surface area (Å²) >= 11 is 0. The van der Waals surface area contributed by atoms with Gasteiger partial charge in [-0.25, -0.2) is 0 Å². The Morgan fingerprint density at radius 2 is 2.23 bits per heavy atom. The number of ether oxygens (including phenoxy) is 1. The van der Waals surface area contributed by atoms with Gasteiger partial charge in [0.1, 0.15) is 0 Å². The Morgan fingerprint density at radius 3 is 2.77 bits per heavy atom. The molecule has 3 heteroatoms. The largest absolute Gasteiger partial charge is 0.378 e. The molecule has 1 heterocycles. The van der Waals surface area contributed by atoms with Gasteiger partial charge in [-0.2, -0.15) is 0 Å². The summed E-state index contributed by atoms with van der Waals surface area (Å²) in [6.45, 7) is 5.23. The lowest BCUT2D eigenvalue weighted by atomic mass is 9.88. The van der Waals surface area contributed by atoms with Crippen molar-refractivity contribution >= 4 is 0 Å². The van der Waals surface area contributed by atoms with Crippen molar-refractivity contribution in [3.63, 3.8) is 0 Å². The van der Waals surface area contributed by atoms with Crippen molar-refractivity contribution in [3.8, 4) is 0 Å². The zero-order chi connectivity index (χ0) is 9.26. The van der Waals surface area contributed by atoms with Gasteiger partial charge in [0.15, 0.2) is 0 Å². The van der Waals surface area contributed by atoms with E-state index < -0.39 is 0 Å². The second-order valence-corrected chi connectivity index (χ2v) is 4.25. The molecule has 1 saturated carbocycles. The minimum Gasteiger partial charge on any atom is -0.378 e. The summed E-state index contributed by atoms with van der Waals surface area (Å²) in [5.41, 5.74) is 5.86. The van der Waals surface area contributed by atoms with Gasteiger partial charge in [0.2, 0.25) is 0 Å². The lowest BCUT2D eigenvalue weighted by Crippen LogP contribution is -2.47. The maximum Gasteiger partial charge on any atom is 0.0604 e. The molecule has 76 valence electrons. The maximum atomic E-state index is 5.86. The van der Waals surface area contributed by atoms with Crippen LogP contribution in [0.1, 0.15) is 26.2 Å². The quantitative estimate of drug-likeness (QED) is 0.697. The third kappa shape index (κ3) is 2.03. The topological polar surface area (TPSA) is 38.5 Å². The highest BCUT2D eigenvalue weighted by molar-refractivity contribution is 4.92. The van der Waals surface area contributed by atoms with E-state index in [1.165, 1.54) is 25.8 Å². The van der Waals surface area contributed by atoms with Gasteiger partial charge in [-0.05, 0) is 26.2 Å². The molecule has 1 aliphatic heterocycles. The number of nitrogens with two attached hydrogens (primary N) is 1.